The number of nitrogens with one attached hydrogen (secondary N) is 1. The van der Waals surface area contributed by atoms with Gasteiger partial charge in [-0.25, -0.2) is 8.42 Å². The van der Waals surface area contributed by atoms with Crippen molar-refractivity contribution in [3.8, 4) is 5.75 Å². The molecule has 0 bridgehead atoms. The Hall–Kier alpha value is -3.16. The van der Waals surface area contributed by atoms with Gasteiger partial charge in [0.15, 0.2) is 0 Å². The Morgan fingerprint density at radius 1 is 0.969 bits per heavy atom. The SMILES string of the molecule is COc1ccc(S(=O)(=O)N[C@@H](Cc2ccccc2)C(=O)N(C)Cc2ccccc2)cc1C. The highest BCUT2D eigenvalue weighted by molar-refractivity contribution is 7.89. The predicted molar refractivity (Wildman–Crippen MR) is 125 cm³/mol. The van der Waals surface area contributed by atoms with Crippen LogP contribution in [0.5, 0.6) is 5.75 Å². The molecular formula is C25H28N2O4S. The lowest BCUT2D eigenvalue weighted by atomic mass is 10.1. The van der Waals surface area contributed by atoms with E-state index in [-0.39, 0.29) is 17.2 Å². The molecule has 7 heteroatoms. The molecule has 0 fully saturated rings. The van der Waals surface area contributed by atoms with Crippen molar-refractivity contribution in [1.29, 1.82) is 0 Å². The highest BCUT2D eigenvalue weighted by atomic mass is 32.2. The Balaban J connectivity index is 1.86. The van der Waals surface area contributed by atoms with Crippen LogP contribution in [0.2, 0.25) is 0 Å². The maximum atomic E-state index is 13.3. The Labute approximate surface area is 189 Å². The van der Waals surface area contributed by atoms with E-state index in [1.165, 1.54) is 13.2 Å². The number of nitrogens with zero attached hydrogens (tertiary/aromatic N) is 1. The first kappa shape index (κ1) is 23.5. The van der Waals surface area contributed by atoms with Gasteiger partial charge in [-0.1, -0.05) is 60.7 Å². The highest BCUT2D eigenvalue weighted by Crippen LogP contribution is 2.22. The molecule has 0 aliphatic carbocycles. The van der Waals surface area contributed by atoms with Gasteiger partial charge in [-0.05, 0) is 48.2 Å². The number of hydrogen-bond acceptors (Lipinski definition) is 4. The van der Waals surface area contributed by atoms with Crippen LogP contribution in [-0.4, -0.2) is 39.4 Å². The van der Waals surface area contributed by atoms with Crippen LogP contribution in [0.25, 0.3) is 0 Å². The van der Waals surface area contributed by atoms with Gasteiger partial charge in [0, 0.05) is 13.6 Å². The summed E-state index contributed by atoms with van der Waals surface area (Å²) in [5, 5.41) is 0. The monoisotopic (exact) mass is 452 g/mol. The number of rotatable bonds is 9. The second-order valence-electron chi connectivity index (χ2n) is 7.67. The van der Waals surface area contributed by atoms with Crippen molar-refractivity contribution in [2.45, 2.75) is 30.8 Å². The summed E-state index contributed by atoms with van der Waals surface area (Å²) in [5.74, 6) is 0.301. The molecule has 1 amide bonds. The first-order chi connectivity index (χ1) is 15.3. The fourth-order valence-electron chi connectivity index (χ4n) is 3.50. The summed E-state index contributed by atoms with van der Waals surface area (Å²) in [5.41, 5.74) is 2.53. The molecule has 3 rings (SSSR count). The molecule has 32 heavy (non-hydrogen) atoms. The van der Waals surface area contributed by atoms with Gasteiger partial charge in [-0.3, -0.25) is 4.79 Å². The second-order valence-corrected chi connectivity index (χ2v) is 9.39. The molecule has 168 valence electrons. The van der Waals surface area contributed by atoms with Crippen molar-refractivity contribution in [3.63, 3.8) is 0 Å². The lowest BCUT2D eigenvalue weighted by Crippen LogP contribution is -2.48. The average molecular weight is 453 g/mol. The highest BCUT2D eigenvalue weighted by Gasteiger charge is 2.28. The maximum Gasteiger partial charge on any atom is 0.241 e. The Morgan fingerprint density at radius 2 is 1.56 bits per heavy atom. The maximum absolute atomic E-state index is 13.3. The van der Waals surface area contributed by atoms with E-state index < -0.39 is 16.1 Å². The third kappa shape index (κ3) is 5.96. The van der Waals surface area contributed by atoms with Gasteiger partial charge < -0.3 is 9.64 Å². The third-order valence-electron chi connectivity index (χ3n) is 5.19. The summed E-state index contributed by atoms with van der Waals surface area (Å²) >= 11 is 0. The minimum Gasteiger partial charge on any atom is -0.496 e. The summed E-state index contributed by atoms with van der Waals surface area (Å²) in [6.45, 7) is 2.16. The quantitative estimate of drug-likeness (QED) is 0.539. The van der Waals surface area contributed by atoms with Crippen LogP contribution >= 0.6 is 0 Å². The Kier molecular flexibility index (Phi) is 7.66. The lowest BCUT2D eigenvalue weighted by Gasteiger charge is -2.25. The number of methoxy groups -OCH3 is 1. The summed E-state index contributed by atoms with van der Waals surface area (Å²) in [6, 6.07) is 22.6. The lowest BCUT2D eigenvalue weighted by molar-refractivity contribution is -0.132. The summed E-state index contributed by atoms with van der Waals surface area (Å²) < 4.78 is 34.1. The van der Waals surface area contributed by atoms with Crippen LogP contribution in [-0.2, 0) is 27.8 Å². The zero-order chi connectivity index (χ0) is 23.1. The molecule has 6 nitrogen and oxygen atoms in total. The number of amides is 1. The molecule has 0 aliphatic rings. The molecule has 0 spiro atoms. The number of aryl methyl sites for hydroxylation is 1. The van der Waals surface area contributed by atoms with E-state index >= 15 is 0 Å². The van der Waals surface area contributed by atoms with Crippen molar-refractivity contribution >= 4 is 15.9 Å². The number of carbonyl (C=O) groups is 1. The van der Waals surface area contributed by atoms with Crippen LogP contribution in [0, 0.1) is 6.92 Å². The Bertz CT molecular complexity index is 1150. The summed E-state index contributed by atoms with van der Waals surface area (Å²) in [4.78, 5) is 14.9. The largest absolute Gasteiger partial charge is 0.496 e. The van der Waals surface area contributed by atoms with Gasteiger partial charge in [-0.15, -0.1) is 0 Å². The van der Waals surface area contributed by atoms with Crippen molar-refractivity contribution < 1.29 is 17.9 Å². The Morgan fingerprint density at radius 3 is 2.12 bits per heavy atom. The second kappa shape index (κ2) is 10.4. The number of hydrogen-bond donors (Lipinski definition) is 1. The summed E-state index contributed by atoms with van der Waals surface area (Å²) in [7, 11) is -0.718. The fourth-order valence-corrected chi connectivity index (χ4v) is 4.78. The van der Waals surface area contributed by atoms with Gasteiger partial charge in [0.25, 0.3) is 0 Å². The van der Waals surface area contributed by atoms with E-state index in [1.54, 1.807) is 31.0 Å². The van der Waals surface area contributed by atoms with E-state index in [2.05, 4.69) is 4.72 Å². The number of carbonyl (C=O) groups excluding carboxylic acids is 1. The zero-order valence-electron chi connectivity index (χ0n) is 18.5. The van der Waals surface area contributed by atoms with Crippen LogP contribution in [0.3, 0.4) is 0 Å². The van der Waals surface area contributed by atoms with E-state index in [4.69, 9.17) is 4.74 Å². The summed E-state index contributed by atoms with van der Waals surface area (Å²) in [6.07, 6.45) is 0.243. The molecule has 3 aromatic carbocycles. The van der Waals surface area contributed by atoms with Crippen molar-refractivity contribution in [1.82, 2.24) is 9.62 Å². The first-order valence-corrected chi connectivity index (χ1v) is 11.8. The zero-order valence-corrected chi connectivity index (χ0v) is 19.3. The van der Waals surface area contributed by atoms with Gasteiger partial charge in [0.2, 0.25) is 15.9 Å². The number of sulfonamides is 1. The first-order valence-electron chi connectivity index (χ1n) is 10.3. The number of ether oxygens (including phenoxy) is 1. The van der Waals surface area contributed by atoms with Gasteiger partial charge in [0.1, 0.15) is 11.8 Å². The van der Waals surface area contributed by atoms with Gasteiger partial charge >= 0.3 is 0 Å². The molecule has 0 aliphatic heterocycles. The minimum absolute atomic E-state index is 0.0902. The molecule has 0 saturated heterocycles. The minimum atomic E-state index is -3.93. The van der Waals surface area contributed by atoms with Gasteiger partial charge in [0.05, 0.1) is 12.0 Å². The van der Waals surface area contributed by atoms with Crippen LogP contribution in [0.15, 0.2) is 83.8 Å². The topological polar surface area (TPSA) is 75.7 Å². The van der Waals surface area contributed by atoms with Crippen LogP contribution in [0.4, 0.5) is 0 Å². The molecular weight excluding hydrogens is 424 g/mol. The molecule has 0 unspecified atom stereocenters. The average Bonchev–Trinajstić information content (AvgIpc) is 2.79. The molecule has 0 heterocycles. The van der Waals surface area contributed by atoms with E-state index in [9.17, 15) is 13.2 Å². The molecule has 1 atom stereocenters. The molecule has 0 radical (unpaired) electrons. The van der Waals surface area contributed by atoms with Crippen molar-refractivity contribution in [3.05, 3.63) is 95.6 Å². The fraction of sp³-hybridized carbons (Fsp3) is 0.240. The standard InChI is InChI=1S/C25H28N2O4S/c1-19-16-22(14-15-24(19)31-3)32(29,30)26-23(17-20-10-6-4-7-11-20)25(28)27(2)18-21-12-8-5-9-13-21/h4-16,23,26H,17-18H2,1-3H3/t23-/m0/s1. The van der Waals surface area contributed by atoms with E-state index in [1.807, 2.05) is 60.7 Å². The molecule has 0 saturated carbocycles. The third-order valence-corrected chi connectivity index (χ3v) is 6.66. The molecule has 0 aromatic heterocycles. The molecule has 1 N–H and O–H groups in total. The van der Waals surface area contributed by atoms with Crippen molar-refractivity contribution in [2.24, 2.45) is 0 Å². The van der Waals surface area contributed by atoms with E-state index in [0.29, 0.717) is 17.9 Å². The number of likely N-dealkylation sites (N-methyl/N-ethyl adjacent to an activating group) is 1. The smallest absolute Gasteiger partial charge is 0.241 e. The van der Waals surface area contributed by atoms with E-state index in [0.717, 1.165) is 11.1 Å². The van der Waals surface area contributed by atoms with Crippen LogP contribution < -0.4 is 9.46 Å². The van der Waals surface area contributed by atoms with Crippen molar-refractivity contribution in [2.75, 3.05) is 14.2 Å². The predicted octanol–water partition coefficient (Wildman–Crippen LogP) is 3.55. The van der Waals surface area contributed by atoms with Gasteiger partial charge in [-0.2, -0.15) is 4.72 Å². The molecule has 3 aromatic rings. The number of benzene rings is 3. The van der Waals surface area contributed by atoms with Crippen LogP contribution in [0.1, 0.15) is 16.7 Å². The normalized spacial score (nSPS) is 12.2.